The van der Waals surface area contributed by atoms with Crippen LogP contribution in [-0.2, 0) is 16.3 Å². The Kier molecular flexibility index (Phi) is 6.89. The van der Waals surface area contributed by atoms with Crippen LogP contribution < -0.4 is 10.5 Å². The number of halogens is 3. The van der Waals surface area contributed by atoms with Crippen molar-refractivity contribution in [3.8, 4) is 11.9 Å². The number of benzene rings is 1. The summed E-state index contributed by atoms with van der Waals surface area (Å²) in [5.74, 6) is -0.349. The van der Waals surface area contributed by atoms with Gasteiger partial charge in [-0.25, -0.2) is 0 Å². The number of H-pyrrole nitrogens is 1. The highest BCUT2D eigenvalue weighted by Crippen LogP contribution is 2.53. The number of hydrogen-bond donors (Lipinski definition) is 2. The van der Waals surface area contributed by atoms with E-state index in [1.165, 1.54) is 0 Å². The lowest BCUT2D eigenvalue weighted by molar-refractivity contribution is -0.137. The maximum absolute atomic E-state index is 13.9. The number of aromatic nitrogens is 2. The average molecular weight is 461 g/mol. The number of methoxy groups -OCH3 is 1. The predicted molar refractivity (Wildman–Crippen MR) is 118 cm³/mol. The van der Waals surface area contributed by atoms with Gasteiger partial charge in [0.2, 0.25) is 11.8 Å². The molecule has 0 fully saturated rings. The summed E-state index contributed by atoms with van der Waals surface area (Å²) in [7, 11) is 1.60. The Morgan fingerprint density at radius 1 is 1.33 bits per heavy atom. The van der Waals surface area contributed by atoms with E-state index in [-0.39, 0.29) is 23.3 Å². The van der Waals surface area contributed by atoms with E-state index < -0.39 is 17.2 Å². The molecule has 1 aromatic carbocycles. The highest BCUT2D eigenvalue weighted by molar-refractivity contribution is 5.64. The molecular formula is C24H27F3N4O2. The van der Waals surface area contributed by atoms with Crippen molar-refractivity contribution in [1.29, 1.82) is 5.26 Å². The van der Waals surface area contributed by atoms with E-state index >= 15 is 0 Å². The first-order valence-electron chi connectivity index (χ1n) is 10.6. The molecule has 1 aromatic heterocycles. The van der Waals surface area contributed by atoms with Gasteiger partial charge < -0.3 is 15.2 Å². The van der Waals surface area contributed by atoms with Crippen LogP contribution in [0.5, 0.6) is 5.88 Å². The van der Waals surface area contributed by atoms with E-state index in [0.717, 1.165) is 18.6 Å². The number of nitrogens with zero attached hydrogens (tertiary/aromatic N) is 2. The number of fused-ring (bicyclic) bond motifs is 1. The lowest BCUT2D eigenvalue weighted by Crippen LogP contribution is -2.41. The summed E-state index contributed by atoms with van der Waals surface area (Å²) in [4.78, 5) is 0. The van der Waals surface area contributed by atoms with E-state index in [9.17, 15) is 18.4 Å². The zero-order valence-corrected chi connectivity index (χ0v) is 19.0. The lowest BCUT2D eigenvalue weighted by atomic mass is 9.61. The van der Waals surface area contributed by atoms with Gasteiger partial charge in [-0.3, -0.25) is 5.10 Å². The van der Waals surface area contributed by atoms with Gasteiger partial charge >= 0.3 is 6.18 Å². The van der Waals surface area contributed by atoms with Gasteiger partial charge in [-0.05, 0) is 48.9 Å². The molecule has 1 atom stereocenters. The Bertz CT molecular complexity index is 1130. The van der Waals surface area contributed by atoms with Crippen molar-refractivity contribution >= 4 is 6.08 Å². The molecule has 0 spiro atoms. The van der Waals surface area contributed by atoms with Gasteiger partial charge in [0.1, 0.15) is 11.6 Å². The van der Waals surface area contributed by atoms with Crippen LogP contribution in [0.2, 0.25) is 0 Å². The molecule has 3 rings (SSSR count). The number of aromatic amines is 1. The molecule has 0 saturated carbocycles. The molecule has 0 aliphatic carbocycles. The van der Waals surface area contributed by atoms with Crippen LogP contribution in [0.15, 0.2) is 35.7 Å². The summed E-state index contributed by atoms with van der Waals surface area (Å²) in [6.07, 6.45) is 0.304. The third kappa shape index (κ3) is 4.35. The maximum Gasteiger partial charge on any atom is 0.416 e. The van der Waals surface area contributed by atoms with Crippen molar-refractivity contribution < 1.29 is 22.6 Å². The summed E-state index contributed by atoms with van der Waals surface area (Å²) < 4.78 is 52.3. The van der Waals surface area contributed by atoms with Gasteiger partial charge in [0.15, 0.2) is 0 Å². The second-order valence-electron chi connectivity index (χ2n) is 8.32. The molecule has 1 aliphatic rings. The third-order valence-corrected chi connectivity index (χ3v) is 5.90. The lowest BCUT2D eigenvalue weighted by Gasteiger charge is -2.41. The largest absolute Gasteiger partial charge is 0.420 e. The van der Waals surface area contributed by atoms with Gasteiger partial charge in [0, 0.05) is 19.4 Å². The Balaban J connectivity index is 2.30. The molecule has 0 radical (unpaired) electrons. The molecule has 0 amide bonds. The monoisotopic (exact) mass is 460 g/mol. The number of nitrogens with two attached hydrogens (primary N) is 1. The average Bonchev–Trinajstić information content (AvgIpc) is 3.11. The summed E-state index contributed by atoms with van der Waals surface area (Å²) in [5.41, 5.74) is 5.85. The van der Waals surface area contributed by atoms with E-state index in [0.29, 0.717) is 35.4 Å². The number of hydrogen-bond acceptors (Lipinski definition) is 5. The fourth-order valence-corrected chi connectivity index (χ4v) is 4.47. The number of aryl methyl sites for hydroxylation is 1. The quantitative estimate of drug-likeness (QED) is 0.553. The predicted octanol–water partition coefficient (Wildman–Crippen LogP) is 5.21. The third-order valence-electron chi connectivity index (χ3n) is 5.90. The van der Waals surface area contributed by atoms with Crippen molar-refractivity contribution in [2.45, 2.75) is 45.2 Å². The van der Waals surface area contributed by atoms with Gasteiger partial charge in [-0.2, -0.15) is 18.4 Å². The van der Waals surface area contributed by atoms with Gasteiger partial charge in [-0.1, -0.05) is 32.1 Å². The van der Waals surface area contributed by atoms with Crippen LogP contribution in [0.4, 0.5) is 13.2 Å². The number of nitrogens with one attached hydrogen (secondary N) is 1. The van der Waals surface area contributed by atoms with Crippen LogP contribution in [0.25, 0.3) is 6.08 Å². The van der Waals surface area contributed by atoms with Crippen LogP contribution in [0.3, 0.4) is 0 Å². The van der Waals surface area contributed by atoms with Gasteiger partial charge in [0.05, 0.1) is 16.5 Å². The van der Waals surface area contributed by atoms with Crippen molar-refractivity contribution in [1.82, 2.24) is 10.2 Å². The minimum absolute atomic E-state index is 0.0591. The fraction of sp³-hybridized carbons (Fsp3) is 0.417. The Morgan fingerprint density at radius 2 is 2.06 bits per heavy atom. The fourth-order valence-electron chi connectivity index (χ4n) is 4.47. The second-order valence-corrected chi connectivity index (χ2v) is 8.32. The molecule has 0 saturated heterocycles. The summed E-state index contributed by atoms with van der Waals surface area (Å²) >= 11 is 0. The first-order valence-corrected chi connectivity index (χ1v) is 10.6. The SMILES string of the molecule is COCCC/C=C/c1cc(C(F)(F)F)cc(C2(C(C)C)C(C#N)=C(N)Oc3n[nH]c(C)c32)c1. The zero-order valence-electron chi connectivity index (χ0n) is 19.0. The van der Waals surface area contributed by atoms with Gasteiger partial charge in [-0.15, -0.1) is 5.10 Å². The molecule has 3 N–H and O–H groups in total. The molecule has 1 unspecified atom stereocenters. The second kappa shape index (κ2) is 9.32. The Morgan fingerprint density at radius 3 is 2.67 bits per heavy atom. The smallest absolute Gasteiger partial charge is 0.416 e. The zero-order chi connectivity index (χ0) is 24.4. The molecule has 33 heavy (non-hydrogen) atoms. The number of unbranched alkanes of at least 4 members (excludes halogenated alkanes) is 1. The standard InChI is InChI=1S/C24H27F3N4O2/c1-14(2)23(19(13-28)21(29)33-22-20(23)15(3)30-31-22)17-10-16(8-6-5-7-9-32-4)11-18(12-17)24(25,26)27/h6,8,10-12,14H,5,7,9,29H2,1-4H3,(H,30,31)/b8-6+. The molecule has 9 heteroatoms. The summed E-state index contributed by atoms with van der Waals surface area (Å²) in [6, 6.07) is 5.97. The molecule has 0 bridgehead atoms. The van der Waals surface area contributed by atoms with Gasteiger partial charge in [0.25, 0.3) is 0 Å². The van der Waals surface area contributed by atoms with E-state index in [1.807, 2.05) is 19.9 Å². The molecule has 2 aromatic rings. The summed E-state index contributed by atoms with van der Waals surface area (Å²) in [6.45, 7) is 5.99. The maximum atomic E-state index is 13.9. The first kappa shape index (κ1) is 24.4. The van der Waals surface area contributed by atoms with E-state index in [2.05, 4.69) is 16.3 Å². The number of allylic oxidation sites excluding steroid dienone is 2. The molecule has 6 nitrogen and oxygen atoms in total. The highest BCUT2D eigenvalue weighted by Gasteiger charge is 2.51. The van der Waals surface area contributed by atoms with Crippen molar-refractivity contribution in [3.63, 3.8) is 0 Å². The molecule has 1 aliphatic heterocycles. The van der Waals surface area contributed by atoms with E-state index in [4.69, 9.17) is 15.2 Å². The van der Waals surface area contributed by atoms with Crippen molar-refractivity contribution in [2.24, 2.45) is 11.7 Å². The Labute approximate surface area is 190 Å². The van der Waals surface area contributed by atoms with Crippen LogP contribution in [0, 0.1) is 24.2 Å². The molecule has 176 valence electrons. The normalized spacial score (nSPS) is 18.5. The van der Waals surface area contributed by atoms with Crippen LogP contribution in [-0.4, -0.2) is 23.9 Å². The van der Waals surface area contributed by atoms with E-state index in [1.54, 1.807) is 26.2 Å². The topological polar surface area (TPSA) is 96.9 Å². The van der Waals surface area contributed by atoms with Crippen molar-refractivity contribution in [3.05, 3.63) is 63.7 Å². The minimum Gasteiger partial charge on any atom is -0.420 e. The number of alkyl halides is 3. The van der Waals surface area contributed by atoms with Crippen LogP contribution >= 0.6 is 0 Å². The first-order chi connectivity index (χ1) is 15.6. The Hall–Kier alpha value is -3.25. The summed E-state index contributed by atoms with van der Waals surface area (Å²) in [5, 5.41) is 17.0. The van der Waals surface area contributed by atoms with Crippen LogP contribution in [0.1, 0.15) is 54.6 Å². The minimum atomic E-state index is -4.58. The highest BCUT2D eigenvalue weighted by atomic mass is 19.4. The number of nitriles is 1. The number of rotatable bonds is 7. The van der Waals surface area contributed by atoms with Crippen molar-refractivity contribution in [2.75, 3.05) is 13.7 Å². The molecule has 2 heterocycles. The molecular weight excluding hydrogens is 433 g/mol. The number of ether oxygens (including phenoxy) is 2.